The van der Waals surface area contributed by atoms with Gasteiger partial charge >= 0.3 is 18.3 Å². The molecule has 0 aliphatic heterocycles. The zero-order valence-electron chi connectivity index (χ0n) is 11.9. The monoisotopic (exact) mass is 348 g/mol. The minimum atomic E-state index is -4.72. The average molecular weight is 348 g/mol. The number of benzene rings is 2. The molecule has 0 aliphatic rings. The van der Waals surface area contributed by atoms with E-state index in [-0.39, 0.29) is 16.7 Å². The van der Waals surface area contributed by atoms with Crippen LogP contribution in [0.1, 0.15) is 16.7 Å². The van der Waals surface area contributed by atoms with Gasteiger partial charge in [0.05, 0.1) is 17.5 Å². The van der Waals surface area contributed by atoms with Gasteiger partial charge in [0.15, 0.2) is 0 Å². The fraction of sp³-hybridized carbons (Fsp3) is 0.188. The van der Waals surface area contributed by atoms with Crippen molar-refractivity contribution in [2.75, 3.05) is 0 Å². The molecule has 0 aliphatic carbocycles. The summed E-state index contributed by atoms with van der Waals surface area (Å²) in [4.78, 5) is 10.7. The molecule has 8 heteroatoms. The molecule has 0 radical (unpaired) electrons. The van der Waals surface area contributed by atoms with Gasteiger partial charge in [-0.2, -0.15) is 26.3 Å². The van der Waals surface area contributed by atoms with Crippen molar-refractivity contribution >= 4 is 5.97 Å². The van der Waals surface area contributed by atoms with Gasteiger partial charge < -0.3 is 5.11 Å². The molecule has 2 nitrogen and oxygen atoms in total. The Labute approximate surface area is 132 Å². The van der Waals surface area contributed by atoms with E-state index in [0.717, 1.165) is 30.3 Å². The molecule has 0 aromatic heterocycles. The maximum atomic E-state index is 13.1. The van der Waals surface area contributed by atoms with Crippen molar-refractivity contribution in [2.24, 2.45) is 0 Å². The van der Waals surface area contributed by atoms with Gasteiger partial charge in [-0.1, -0.05) is 18.2 Å². The van der Waals surface area contributed by atoms with Crippen molar-refractivity contribution < 1.29 is 36.2 Å². The van der Waals surface area contributed by atoms with Crippen LogP contribution in [0.5, 0.6) is 0 Å². The summed E-state index contributed by atoms with van der Waals surface area (Å²) in [7, 11) is 0. The van der Waals surface area contributed by atoms with Crippen LogP contribution in [-0.4, -0.2) is 11.1 Å². The number of alkyl halides is 6. The average Bonchev–Trinajstić information content (AvgIpc) is 2.44. The Morgan fingerprint density at radius 2 is 1.46 bits per heavy atom. The summed E-state index contributed by atoms with van der Waals surface area (Å²) >= 11 is 0. The summed E-state index contributed by atoms with van der Waals surface area (Å²) in [6.45, 7) is 0. The largest absolute Gasteiger partial charge is 0.481 e. The summed E-state index contributed by atoms with van der Waals surface area (Å²) in [5.41, 5.74) is -2.36. The molecule has 0 spiro atoms. The van der Waals surface area contributed by atoms with Crippen LogP contribution < -0.4 is 0 Å². The van der Waals surface area contributed by atoms with Crippen LogP contribution in [0.4, 0.5) is 26.3 Å². The second-order valence-corrected chi connectivity index (χ2v) is 5.02. The Morgan fingerprint density at radius 3 is 1.92 bits per heavy atom. The van der Waals surface area contributed by atoms with E-state index in [4.69, 9.17) is 5.11 Å². The standard InChI is InChI=1S/C16H10F6O2/c17-15(18,19)11-4-2-10(3-5-11)12-7-9(8-14(23)24)1-6-13(12)16(20,21)22/h1-7H,8H2,(H,23,24). The molecule has 2 aromatic carbocycles. The Bertz CT molecular complexity index is 745. The van der Waals surface area contributed by atoms with Crippen LogP contribution in [0.2, 0.25) is 0 Å². The molecular weight excluding hydrogens is 338 g/mol. The third-order valence-electron chi connectivity index (χ3n) is 3.27. The van der Waals surface area contributed by atoms with Crippen LogP contribution >= 0.6 is 0 Å². The molecule has 0 atom stereocenters. The lowest BCUT2D eigenvalue weighted by atomic mass is 9.95. The lowest BCUT2D eigenvalue weighted by Gasteiger charge is -2.15. The number of aliphatic carboxylic acids is 1. The summed E-state index contributed by atoms with van der Waals surface area (Å²) in [5.74, 6) is -1.23. The second kappa shape index (κ2) is 6.18. The molecule has 0 heterocycles. The highest BCUT2D eigenvalue weighted by atomic mass is 19.4. The van der Waals surface area contributed by atoms with Crippen LogP contribution in [0.3, 0.4) is 0 Å². The minimum absolute atomic E-state index is 0.0810. The van der Waals surface area contributed by atoms with Crippen molar-refractivity contribution in [2.45, 2.75) is 18.8 Å². The zero-order chi connectivity index (χ0) is 18.1. The zero-order valence-corrected chi connectivity index (χ0v) is 11.9. The van der Waals surface area contributed by atoms with Gasteiger partial charge in [-0.3, -0.25) is 4.79 Å². The van der Waals surface area contributed by atoms with Crippen LogP contribution in [0.15, 0.2) is 42.5 Å². The molecule has 2 rings (SSSR count). The Kier molecular flexibility index (Phi) is 4.59. The fourth-order valence-corrected chi connectivity index (χ4v) is 2.20. The molecule has 128 valence electrons. The molecule has 0 bridgehead atoms. The maximum absolute atomic E-state index is 13.1. The Balaban J connectivity index is 2.55. The van der Waals surface area contributed by atoms with E-state index < -0.39 is 35.9 Å². The number of halogens is 6. The van der Waals surface area contributed by atoms with Crippen LogP contribution in [-0.2, 0) is 23.6 Å². The molecule has 0 fully saturated rings. The normalized spacial score (nSPS) is 12.2. The predicted molar refractivity (Wildman–Crippen MR) is 73.2 cm³/mol. The molecule has 0 amide bonds. The van der Waals surface area contributed by atoms with E-state index in [9.17, 15) is 31.1 Å². The number of rotatable bonds is 3. The van der Waals surface area contributed by atoms with Crippen molar-refractivity contribution in [3.63, 3.8) is 0 Å². The van der Waals surface area contributed by atoms with E-state index >= 15 is 0 Å². The first-order chi connectivity index (χ1) is 11.0. The second-order valence-electron chi connectivity index (χ2n) is 5.02. The molecular formula is C16H10F6O2. The van der Waals surface area contributed by atoms with Gasteiger partial charge in [-0.25, -0.2) is 0 Å². The molecule has 0 saturated heterocycles. The number of carboxylic acids is 1. The molecule has 2 aromatic rings. The van der Waals surface area contributed by atoms with Crippen molar-refractivity contribution in [3.8, 4) is 11.1 Å². The minimum Gasteiger partial charge on any atom is -0.481 e. The van der Waals surface area contributed by atoms with Crippen LogP contribution in [0.25, 0.3) is 11.1 Å². The molecule has 0 unspecified atom stereocenters. The van der Waals surface area contributed by atoms with E-state index in [2.05, 4.69) is 0 Å². The lowest BCUT2D eigenvalue weighted by molar-refractivity contribution is -0.138. The lowest BCUT2D eigenvalue weighted by Crippen LogP contribution is -2.09. The highest BCUT2D eigenvalue weighted by Crippen LogP contribution is 2.38. The fourth-order valence-electron chi connectivity index (χ4n) is 2.20. The molecule has 0 saturated carbocycles. The Hall–Kier alpha value is -2.51. The van der Waals surface area contributed by atoms with Gasteiger partial charge in [0, 0.05) is 0 Å². The third kappa shape index (κ3) is 4.06. The van der Waals surface area contributed by atoms with E-state index in [1.807, 2.05) is 0 Å². The number of hydrogen-bond acceptors (Lipinski definition) is 1. The topological polar surface area (TPSA) is 37.3 Å². The van der Waals surface area contributed by atoms with Crippen molar-refractivity contribution in [3.05, 3.63) is 59.2 Å². The highest BCUT2D eigenvalue weighted by molar-refractivity contribution is 5.74. The smallest absolute Gasteiger partial charge is 0.417 e. The first kappa shape index (κ1) is 17.8. The van der Waals surface area contributed by atoms with Crippen molar-refractivity contribution in [1.82, 2.24) is 0 Å². The summed E-state index contributed by atoms with van der Waals surface area (Å²) in [6.07, 6.45) is -9.82. The van der Waals surface area contributed by atoms with Crippen molar-refractivity contribution in [1.29, 1.82) is 0 Å². The van der Waals surface area contributed by atoms with Gasteiger partial charge in [-0.05, 0) is 41.0 Å². The van der Waals surface area contributed by atoms with Gasteiger partial charge in [0.25, 0.3) is 0 Å². The first-order valence-corrected chi connectivity index (χ1v) is 6.58. The highest BCUT2D eigenvalue weighted by Gasteiger charge is 2.34. The maximum Gasteiger partial charge on any atom is 0.417 e. The summed E-state index contributed by atoms with van der Waals surface area (Å²) < 4.78 is 77.0. The third-order valence-corrected chi connectivity index (χ3v) is 3.27. The quantitative estimate of drug-likeness (QED) is 0.791. The molecule has 1 N–H and O–H groups in total. The number of carbonyl (C=O) groups is 1. The SMILES string of the molecule is O=C(O)Cc1ccc(C(F)(F)F)c(-c2ccc(C(F)(F)F)cc2)c1. The predicted octanol–water partition coefficient (Wildman–Crippen LogP) is 5.02. The van der Waals surface area contributed by atoms with Gasteiger partial charge in [0.2, 0.25) is 0 Å². The van der Waals surface area contributed by atoms with Crippen LogP contribution in [0, 0.1) is 0 Å². The Morgan fingerprint density at radius 1 is 0.875 bits per heavy atom. The van der Waals surface area contributed by atoms with E-state index in [1.54, 1.807) is 0 Å². The molecule has 24 heavy (non-hydrogen) atoms. The first-order valence-electron chi connectivity index (χ1n) is 6.58. The summed E-state index contributed by atoms with van der Waals surface area (Å²) in [5, 5.41) is 8.74. The summed E-state index contributed by atoms with van der Waals surface area (Å²) in [6, 6.07) is 6.00. The number of carboxylic acid groups (broad SMARTS) is 1. The van der Waals surface area contributed by atoms with E-state index in [1.165, 1.54) is 0 Å². The number of hydrogen-bond donors (Lipinski definition) is 1. The van der Waals surface area contributed by atoms with Gasteiger partial charge in [0.1, 0.15) is 0 Å². The van der Waals surface area contributed by atoms with E-state index in [0.29, 0.717) is 12.1 Å². The van der Waals surface area contributed by atoms with Gasteiger partial charge in [-0.15, -0.1) is 0 Å².